The molecule has 0 unspecified atom stereocenters. The first-order chi connectivity index (χ1) is 14.1. The van der Waals surface area contributed by atoms with E-state index < -0.39 is 0 Å². The molecule has 3 N–H and O–H groups in total. The largest absolute Gasteiger partial charge is 0.361 e. The van der Waals surface area contributed by atoms with Gasteiger partial charge in [0.05, 0.1) is 11.9 Å². The summed E-state index contributed by atoms with van der Waals surface area (Å²) in [5.74, 6) is -0.275. The van der Waals surface area contributed by atoms with Crippen molar-refractivity contribution >= 4 is 28.5 Å². The molecular formula is C21H19ClFN5O. The third-order valence-electron chi connectivity index (χ3n) is 4.59. The van der Waals surface area contributed by atoms with Crippen LogP contribution < -0.4 is 10.6 Å². The first-order valence-corrected chi connectivity index (χ1v) is 9.53. The highest BCUT2D eigenvalue weighted by Crippen LogP contribution is 2.19. The number of benzene rings is 2. The molecule has 2 aromatic heterocycles. The highest BCUT2D eigenvalue weighted by molar-refractivity contribution is 6.30. The molecule has 8 heteroatoms. The number of hydrogen-bond donors (Lipinski definition) is 3. The minimum absolute atomic E-state index is 0.255. The Balaban J connectivity index is 1.25. The molecule has 0 spiro atoms. The maximum absolute atomic E-state index is 13.2. The predicted octanol–water partition coefficient (Wildman–Crippen LogP) is 4.19. The number of hydrogen-bond acceptors (Lipinski definition) is 2. The van der Waals surface area contributed by atoms with Crippen LogP contribution in [0.15, 0.2) is 61.1 Å². The van der Waals surface area contributed by atoms with Crippen LogP contribution in [0.4, 0.5) is 9.18 Å². The van der Waals surface area contributed by atoms with E-state index in [0.29, 0.717) is 24.5 Å². The molecule has 148 valence electrons. The average molecular weight is 412 g/mol. The number of nitrogens with one attached hydrogen (secondary N) is 3. The van der Waals surface area contributed by atoms with E-state index in [2.05, 4.69) is 20.7 Å². The summed E-state index contributed by atoms with van der Waals surface area (Å²) in [6, 6.07) is 11.7. The van der Waals surface area contributed by atoms with Crippen molar-refractivity contribution in [3.8, 4) is 5.69 Å². The van der Waals surface area contributed by atoms with Gasteiger partial charge >= 0.3 is 6.03 Å². The number of aromatic amines is 1. The zero-order chi connectivity index (χ0) is 20.2. The minimum atomic E-state index is -0.275. The summed E-state index contributed by atoms with van der Waals surface area (Å²) < 4.78 is 15.0. The Morgan fingerprint density at radius 3 is 2.83 bits per heavy atom. The van der Waals surface area contributed by atoms with Gasteiger partial charge in [0.25, 0.3) is 0 Å². The maximum atomic E-state index is 13.2. The number of fused-ring (bicyclic) bond motifs is 1. The van der Waals surface area contributed by atoms with Crippen molar-refractivity contribution in [2.75, 3.05) is 6.54 Å². The maximum Gasteiger partial charge on any atom is 0.315 e. The molecule has 0 radical (unpaired) electrons. The lowest BCUT2D eigenvalue weighted by Gasteiger charge is -2.06. The smallest absolute Gasteiger partial charge is 0.315 e. The van der Waals surface area contributed by atoms with Gasteiger partial charge in [0, 0.05) is 47.0 Å². The van der Waals surface area contributed by atoms with Crippen molar-refractivity contribution in [3.63, 3.8) is 0 Å². The van der Waals surface area contributed by atoms with Gasteiger partial charge < -0.3 is 15.6 Å². The van der Waals surface area contributed by atoms with Crippen LogP contribution in [0.2, 0.25) is 5.02 Å². The van der Waals surface area contributed by atoms with Crippen LogP contribution >= 0.6 is 11.6 Å². The van der Waals surface area contributed by atoms with E-state index in [-0.39, 0.29) is 11.8 Å². The van der Waals surface area contributed by atoms with Gasteiger partial charge in [0.2, 0.25) is 0 Å². The SMILES string of the molecule is O=C(NCCc1c[nH]c2cc(F)ccc12)NCc1cnn(-c2ccc(Cl)cc2)c1. The topological polar surface area (TPSA) is 74.7 Å². The summed E-state index contributed by atoms with van der Waals surface area (Å²) in [7, 11) is 0. The van der Waals surface area contributed by atoms with Crippen LogP contribution in [-0.2, 0) is 13.0 Å². The Kier molecular flexibility index (Phi) is 5.48. The summed E-state index contributed by atoms with van der Waals surface area (Å²) in [5.41, 5.74) is 3.56. The van der Waals surface area contributed by atoms with Crippen molar-refractivity contribution < 1.29 is 9.18 Å². The van der Waals surface area contributed by atoms with Gasteiger partial charge in [-0.25, -0.2) is 13.9 Å². The van der Waals surface area contributed by atoms with Gasteiger partial charge in [-0.3, -0.25) is 0 Å². The fourth-order valence-corrected chi connectivity index (χ4v) is 3.23. The highest BCUT2D eigenvalue weighted by atomic mass is 35.5. The summed E-state index contributed by atoms with van der Waals surface area (Å²) >= 11 is 5.90. The molecule has 0 atom stereocenters. The van der Waals surface area contributed by atoms with Crippen LogP contribution in [0, 0.1) is 5.82 Å². The zero-order valence-corrected chi connectivity index (χ0v) is 16.2. The summed E-state index contributed by atoms with van der Waals surface area (Å²) in [4.78, 5) is 15.1. The summed E-state index contributed by atoms with van der Waals surface area (Å²) in [6.07, 6.45) is 6.05. The molecule has 2 aromatic carbocycles. The lowest BCUT2D eigenvalue weighted by Crippen LogP contribution is -2.36. The molecule has 0 saturated heterocycles. The van der Waals surface area contributed by atoms with Gasteiger partial charge in [0.15, 0.2) is 0 Å². The zero-order valence-electron chi connectivity index (χ0n) is 15.5. The lowest BCUT2D eigenvalue weighted by molar-refractivity contribution is 0.240. The molecule has 4 aromatic rings. The van der Waals surface area contributed by atoms with Gasteiger partial charge in [-0.2, -0.15) is 5.10 Å². The monoisotopic (exact) mass is 411 g/mol. The second-order valence-corrected chi connectivity index (χ2v) is 7.07. The van der Waals surface area contributed by atoms with Crippen molar-refractivity contribution in [1.82, 2.24) is 25.4 Å². The number of rotatable bonds is 6. The predicted molar refractivity (Wildman–Crippen MR) is 111 cm³/mol. The molecule has 0 saturated carbocycles. The average Bonchev–Trinajstić information content (AvgIpc) is 3.34. The quantitative estimate of drug-likeness (QED) is 0.445. The van der Waals surface area contributed by atoms with E-state index in [1.165, 1.54) is 12.1 Å². The Morgan fingerprint density at radius 2 is 2.00 bits per heavy atom. The number of aromatic nitrogens is 3. The Morgan fingerprint density at radius 1 is 1.17 bits per heavy atom. The van der Waals surface area contributed by atoms with Crippen LogP contribution in [0.5, 0.6) is 0 Å². The third kappa shape index (κ3) is 4.57. The van der Waals surface area contributed by atoms with Crippen molar-refractivity contribution in [2.24, 2.45) is 0 Å². The fraction of sp³-hybridized carbons (Fsp3) is 0.143. The number of halogens is 2. The molecule has 4 rings (SSSR count). The van der Waals surface area contributed by atoms with E-state index in [9.17, 15) is 9.18 Å². The van der Waals surface area contributed by atoms with Crippen LogP contribution in [-0.4, -0.2) is 27.3 Å². The number of amides is 2. The van der Waals surface area contributed by atoms with E-state index in [0.717, 1.165) is 27.7 Å². The standard InChI is InChI=1S/C21H19ClFN5O/c22-16-1-4-18(5-2-16)28-13-14(11-27-28)10-26-21(29)24-8-7-15-12-25-20-9-17(23)3-6-19(15)20/h1-6,9,11-13,25H,7-8,10H2,(H2,24,26,29). The first kappa shape index (κ1) is 19.0. The molecule has 0 bridgehead atoms. The Labute approximate surface area is 171 Å². The first-order valence-electron chi connectivity index (χ1n) is 9.15. The van der Waals surface area contributed by atoms with Gasteiger partial charge in [0.1, 0.15) is 5.82 Å². The van der Waals surface area contributed by atoms with Crippen LogP contribution in [0.25, 0.3) is 16.6 Å². The van der Waals surface area contributed by atoms with Crippen LogP contribution in [0.1, 0.15) is 11.1 Å². The number of nitrogens with zero attached hydrogens (tertiary/aromatic N) is 2. The second-order valence-electron chi connectivity index (χ2n) is 6.63. The second kappa shape index (κ2) is 8.36. The molecule has 6 nitrogen and oxygen atoms in total. The molecule has 0 fully saturated rings. The van der Waals surface area contributed by atoms with Gasteiger partial charge in [-0.05, 0) is 54.4 Å². The van der Waals surface area contributed by atoms with E-state index in [1.807, 2.05) is 24.5 Å². The summed E-state index contributed by atoms with van der Waals surface area (Å²) in [5, 5.41) is 11.6. The van der Waals surface area contributed by atoms with Crippen molar-refractivity contribution in [1.29, 1.82) is 0 Å². The Bertz CT molecular complexity index is 1140. The van der Waals surface area contributed by atoms with E-state index in [1.54, 1.807) is 29.1 Å². The van der Waals surface area contributed by atoms with Crippen LogP contribution in [0.3, 0.4) is 0 Å². The lowest BCUT2D eigenvalue weighted by atomic mass is 10.1. The molecule has 0 aliphatic heterocycles. The molecule has 2 heterocycles. The van der Waals surface area contributed by atoms with Crippen molar-refractivity contribution in [3.05, 3.63) is 83.0 Å². The highest BCUT2D eigenvalue weighted by Gasteiger charge is 2.07. The molecule has 29 heavy (non-hydrogen) atoms. The number of carbonyl (C=O) groups excluding carboxylic acids is 1. The molecule has 0 aliphatic rings. The third-order valence-corrected chi connectivity index (χ3v) is 4.84. The van der Waals surface area contributed by atoms with E-state index in [4.69, 9.17) is 11.6 Å². The van der Waals surface area contributed by atoms with E-state index >= 15 is 0 Å². The number of H-pyrrole nitrogens is 1. The summed E-state index contributed by atoms with van der Waals surface area (Å²) in [6.45, 7) is 0.839. The molecule has 2 amide bonds. The van der Waals surface area contributed by atoms with Crippen molar-refractivity contribution in [2.45, 2.75) is 13.0 Å². The number of urea groups is 1. The van der Waals surface area contributed by atoms with Gasteiger partial charge in [-0.15, -0.1) is 0 Å². The molecular weight excluding hydrogens is 393 g/mol. The Hall–Kier alpha value is -3.32. The number of carbonyl (C=O) groups is 1. The van der Waals surface area contributed by atoms with Gasteiger partial charge in [-0.1, -0.05) is 11.6 Å². The fourth-order valence-electron chi connectivity index (χ4n) is 3.11. The molecule has 0 aliphatic carbocycles. The normalized spacial score (nSPS) is 11.0. The minimum Gasteiger partial charge on any atom is -0.361 e.